The van der Waals surface area contributed by atoms with Crippen LogP contribution in [-0.4, -0.2) is 23.4 Å². The van der Waals surface area contributed by atoms with Crippen molar-refractivity contribution in [3.05, 3.63) is 24.3 Å². The van der Waals surface area contributed by atoms with Gasteiger partial charge >= 0.3 is 15.6 Å². The topological polar surface area (TPSA) is 89.5 Å². The van der Waals surface area contributed by atoms with Crippen molar-refractivity contribution >= 4 is 15.6 Å². The van der Waals surface area contributed by atoms with Gasteiger partial charge in [-0.05, 0) is 53.7 Å². The fourth-order valence-corrected chi connectivity index (χ4v) is 7.31. The zero-order valence-corrected chi connectivity index (χ0v) is 22.4. The molecule has 3 rings (SSSR count). The first-order valence-electron chi connectivity index (χ1n) is 10.8. The van der Waals surface area contributed by atoms with Crippen LogP contribution in [0.25, 0.3) is 0 Å². The summed E-state index contributed by atoms with van der Waals surface area (Å²) in [5.41, 5.74) is -2.40. The molecular formula is C22H36O8P2. The highest BCUT2D eigenvalue weighted by Crippen LogP contribution is 2.66. The Morgan fingerprint density at radius 2 is 1.00 bits per heavy atom. The Hall–Kier alpha value is -0.880. The van der Waals surface area contributed by atoms with Gasteiger partial charge < -0.3 is 9.05 Å². The minimum atomic E-state index is -4.01. The number of rotatable bonds is 4. The van der Waals surface area contributed by atoms with Gasteiger partial charge in [-0.3, -0.25) is 18.1 Å². The van der Waals surface area contributed by atoms with Crippen LogP contribution in [-0.2, 0) is 27.2 Å². The Kier molecular flexibility index (Phi) is 6.30. The Bertz CT molecular complexity index is 891. The van der Waals surface area contributed by atoms with Crippen molar-refractivity contribution in [2.75, 3.05) is 0 Å². The van der Waals surface area contributed by atoms with Gasteiger partial charge in [-0.1, -0.05) is 39.8 Å². The molecule has 0 aromatic heterocycles. The molecule has 0 spiro atoms. The van der Waals surface area contributed by atoms with E-state index in [1.165, 1.54) is 12.1 Å². The molecule has 4 atom stereocenters. The summed E-state index contributed by atoms with van der Waals surface area (Å²) in [5, 5.41) is 0. The standard InChI is InChI=1S/C22H36O8P2/c1-15-19(3,4)21(7,8)29-31(23,25-15)27-17-13-11-12-14-18(17)28-32(24)26-16(2)20(5,6)22(9,10)30-32/h11-16H,1-10H3/t15-,16-,31?,32?/m1/s1. The lowest BCUT2D eigenvalue weighted by molar-refractivity contribution is -0.136. The Balaban J connectivity index is 1.88. The summed E-state index contributed by atoms with van der Waals surface area (Å²) >= 11 is 0. The van der Waals surface area contributed by atoms with Crippen LogP contribution in [0.1, 0.15) is 69.2 Å². The minimum Gasteiger partial charge on any atom is -0.400 e. The lowest BCUT2D eigenvalue weighted by Crippen LogP contribution is -2.52. The Labute approximate surface area is 191 Å². The van der Waals surface area contributed by atoms with Gasteiger partial charge in [0.2, 0.25) is 0 Å². The maximum atomic E-state index is 13.4. The zero-order chi connectivity index (χ0) is 24.4. The highest BCUT2D eigenvalue weighted by atomic mass is 31.2. The summed E-state index contributed by atoms with van der Waals surface area (Å²) in [7, 11) is -8.01. The van der Waals surface area contributed by atoms with Crippen molar-refractivity contribution < 1.29 is 36.3 Å². The molecule has 0 radical (unpaired) electrons. The van der Waals surface area contributed by atoms with E-state index in [1.807, 2.05) is 69.2 Å². The van der Waals surface area contributed by atoms with E-state index >= 15 is 0 Å². The van der Waals surface area contributed by atoms with E-state index < -0.39 is 49.9 Å². The molecule has 0 N–H and O–H groups in total. The normalized spacial score (nSPS) is 37.4. The largest absolute Gasteiger partial charge is 0.531 e. The third-order valence-electron chi connectivity index (χ3n) is 7.66. The van der Waals surface area contributed by atoms with Crippen molar-refractivity contribution in [3.63, 3.8) is 0 Å². The van der Waals surface area contributed by atoms with E-state index in [-0.39, 0.29) is 11.5 Å². The van der Waals surface area contributed by atoms with Crippen LogP contribution in [0.4, 0.5) is 0 Å². The molecule has 1 aromatic carbocycles. The molecule has 32 heavy (non-hydrogen) atoms. The van der Waals surface area contributed by atoms with Gasteiger partial charge in [-0.15, -0.1) is 0 Å². The lowest BCUT2D eigenvalue weighted by atomic mass is 9.73. The van der Waals surface area contributed by atoms with E-state index in [0.29, 0.717) is 0 Å². The highest BCUT2D eigenvalue weighted by Gasteiger charge is 2.57. The van der Waals surface area contributed by atoms with E-state index in [0.717, 1.165) is 0 Å². The molecule has 2 aliphatic rings. The maximum Gasteiger partial charge on any atom is 0.531 e. The first-order valence-corrected chi connectivity index (χ1v) is 13.7. The van der Waals surface area contributed by atoms with Crippen molar-refractivity contribution in [3.8, 4) is 11.5 Å². The average Bonchev–Trinajstić information content (AvgIpc) is 2.59. The molecule has 2 aliphatic heterocycles. The Morgan fingerprint density at radius 1 is 0.688 bits per heavy atom. The number of hydrogen-bond acceptors (Lipinski definition) is 8. The third-order valence-corrected chi connectivity index (χ3v) is 11.0. The van der Waals surface area contributed by atoms with Crippen molar-refractivity contribution in [2.24, 2.45) is 10.8 Å². The van der Waals surface area contributed by atoms with Gasteiger partial charge in [-0.25, -0.2) is 9.13 Å². The second-order valence-corrected chi connectivity index (χ2v) is 13.6. The van der Waals surface area contributed by atoms with E-state index in [9.17, 15) is 9.13 Å². The van der Waals surface area contributed by atoms with E-state index in [4.69, 9.17) is 27.1 Å². The van der Waals surface area contributed by atoms with Gasteiger partial charge in [0.05, 0.1) is 23.4 Å². The van der Waals surface area contributed by atoms with Crippen molar-refractivity contribution in [2.45, 2.75) is 92.6 Å². The van der Waals surface area contributed by atoms with Gasteiger partial charge in [-0.2, -0.15) is 0 Å². The van der Waals surface area contributed by atoms with Crippen molar-refractivity contribution in [1.29, 1.82) is 0 Å². The first kappa shape index (κ1) is 25.7. The van der Waals surface area contributed by atoms with E-state index in [1.54, 1.807) is 12.1 Å². The monoisotopic (exact) mass is 490 g/mol. The number of phosphoric acid groups is 2. The molecule has 8 nitrogen and oxygen atoms in total. The van der Waals surface area contributed by atoms with Crippen LogP contribution < -0.4 is 9.05 Å². The predicted octanol–water partition coefficient (Wildman–Crippen LogP) is 7.14. The number of phosphoric ester groups is 2. The molecule has 2 saturated heterocycles. The van der Waals surface area contributed by atoms with Crippen molar-refractivity contribution in [1.82, 2.24) is 0 Å². The van der Waals surface area contributed by atoms with Crippen LogP contribution in [0.3, 0.4) is 0 Å². The SMILES string of the molecule is C[C@H]1OP(=O)(Oc2ccccc2OP2(=O)O[C@H](C)C(C)(C)C(C)(C)O2)OC(C)(C)C1(C)C. The zero-order valence-electron chi connectivity index (χ0n) is 20.6. The van der Waals surface area contributed by atoms with Gasteiger partial charge in [0.25, 0.3) is 0 Å². The second kappa shape index (κ2) is 7.83. The van der Waals surface area contributed by atoms with Gasteiger partial charge in [0.15, 0.2) is 11.5 Å². The minimum absolute atomic E-state index is 0.0521. The molecule has 2 unspecified atom stereocenters. The fraction of sp³-hybridized carbons (Fsp3) is 0.727. The molecule has 0 bridgehead atoms. The van der Waals surface area contributed by atoms with Crippen LogP contribution in [0, 0.1) is 10.8 Å². The van der Waals surface area contributed by atoms with Gasteiger partial charge in [0.1, 0.15) is 0 Å². The summed E-state index contributed by atoms with van der Waals surface area (Å²) in [6, 6.07) is 6.41. The molecule has 0 saturated carbocycles. The average molecular weight is 490 g/mol. The number of hydrogen-bond donors (Lipinski definition) is 0. The molecule has 2 fully saturated rings. The molecule has 2 heterocycles. The van der Waals surface area contributed by atoms with Crippen LogP contribution in [0.2, 0.25) is 0 Å². The smallest absolute Gasteiger partial charge is 0.400 e. The third kappa shape index (κ3) is 4.43. The van der Waals surface area contributed by atoms with Crippen LogP contribution in [0.5, 0.6) is 11.5 Å². The summed E-state index contributed by atoms with van der Waals surface area (Å²) in [6.07, 6.45) is -0.810. The van der Waals surface area contributed by atoms with E-state index in [2.05, 4.69) is 0 Å². The maximum absolute atomic E-state index is 13.4. The Morgan fingerprint density at radius 3 is 1.28 bits per heavy atom. The highest BCUT2D eigenvalue weighted by molar-refractivity contribution is 7.49. The van der Waals surface area contributed by atoms with Gasteiger partial charge in [0, 0.05) is 10.8 Å². The molecule has 0 amide bonds. The summed E-state index contributed by atoms with van der Waals surface area (Å²) in [4.78, 5) is 0. The molecule has 0 aliphatic carbocycles. The first-order chi connectivity index (χ1) is 14.3. The predicted molar refractivity (Wildman–Crippen MR) is 122 cm³/mol. The fourth-order valence-electron chi connectivity index (χ4n) is 3.39. The molecular weight excluding hydrogens is 454 g/mol. The summed E-state index contributed by atoms with van der Waals surface area (Å²) in [6.45, 7) is 19.0. The summed E-state index contributed by atoms with van der Waals surface area (Å²) < 4.78 is 61.4. The molecule has 10 heteroatoms. The summed E-state index contributed by atoms with van der Waals surface area (Å²) in [5.74, 6) is 0.104. The lowest BCUT2D eigenvalue weighted by Gasteiger charge is -2.50. The molecule has 1 aromatic rings. The number of para-hydroxylation sites is 2. The van der Waals surface area contributed by atoms with Crippen LogP contribution in [0.15, 0.2) is 24.3 Å². The molecule has 182 valence electrons. The number of benzene rings is 1. The second-order valence-electron chi connectivity index (χ2n) is 10.7. The van der Waals surface area contributed by atoms with Crippen LogP contribution >= 0.6 is 15.6 Å². The quantitative estimate of drug-likeness (QED) is 0.412.